The Balaban J connectivity index is 2.49. The highest BCUT2D eigenvalue weighted by Gasteiger charge is 2.28. The van der Waals surface area contributed by atoms with Gasteiger partial charge in [-0.05, 0) is 25.2 Å². The van der Waals surface area contributed by atoms with Crippen molar-refractivity contribution >= 4 is 5.97 Å². The van der Waals surface area contributed by atoms with Crippen LogP contribution >= 0.6 is 0 Å². The molecule has 0 saturated heterocycles. The summed E-state index contributed by atoms with van der Waals surface area (Å²) in [5.74, 6) is 0.0785. The van der Waals surface area contributed by atoms with Crippen LogP contribution in [0, 0.1) is 5.92 Å². The smallest absolute Gasteiger partial charge is 0.356 e. The zero-order valence-electron chi connectivity index (χ0n) is 10.2. The topological polar surface area (TPSA) is 75.3 Å². The van der Waals surface area contributed by atoms with Crippen LogP contribution in [0.25, 0.3) is 0 Å². The number of hydrogen-bond acceptors (Lipinski definition) is 3. The molecule has 5 heteroatoms. The van der Waals surface area contributed by atoms with E-state index in [9.17, 15) is 9.90 Å². The number of carboxylic acids is 1. The van der Waals surface area contributed by atoms with Crippen molar-refractivity contribution in [2.45, 2.75) is 45.8 Å². The molecule has 1 aliphatic rings. The van der Waals surface area contributed by atoms with Gasteiger partial charge in [0.15, 0.2) is 5.69 Å². The summed E-state index contributed by atoms with van der Waals surface area (Å²) < 4.78 is 1.72. The fourth-order valence-corrected chi connectivity index (χ4v) is 2.37. The number of rotatable bonds is 3. The van der Waals surface area contributed by atoms with Crippen LogP contribution < -0.4 is 0 Å². The SMILES string of the molecule is CC(C)Cc1nc(C(=O)O)c2n1C(O)CCC2. The maximum atomic E-state index is 11.1. The third-order valence-corrected chi connectivity index (χ3v) is 3.05. The van der Waals surface area contributed by atoms with E-state index in [4.69, 9.17) is 5.11 Å². The first-order valence-electron chi connectivity index (χ1n) is 6.02. The van der Waals surface area contributed by atoms with Gasteiger partial charge < -0.3 is 14.8 Å². The molecule has 5 nitrogen and oxygen atoms in total. The third-order valence-electron chi connectivity index (χ3n) is 3.05. The van der Waals surface area contributed by atoms with E-state index in [1.165, 1.54) is 0 Å². The van der Waals surface area contributed by atoms with Crippen molar-refractivity contribution in [1.82, 2.24) is 9.55 Å². The molecule has 2 N–H and O–H groups in total. The summed E-state index contributed by atoms with van der Waals surface area (Å²) in [6, 6.07) is 0. The molecule has 94 valence electrons. The fraction of sp³-hybridized carbons (Fsp3) is 0.667. The predicted octanol–water partition coefficient (Wildman–Crippen LogP) is 1.61. The highest BCUT2D eigenvalue weighted by molar-refractivity contribution is 5.87. The monoisotopic (exact) mass is 238 g/mol. The molecule has 0 saturated carbocycles. The van der Waals surface area contributed by atoms with Crippen LogP contribution in [-0.2, 0) is 12.8 Å². The summed E-state index contributed by atoms with van der Waals surface area (Å²) in [6.45, 7) is 4.11. The van der Waals surface area contributed by atoms with E-state index in [0.717, 1.165) is 6.42 Å². The average Bonchev–Trinajstić information content (AvgIpc) is 2.57. The molecule has 0 spiro atoms. The Hall–Kier alpha value is -1.36. The van der Waals surface area contributed by atoms with Crippen LogP contribution in [0.15, 0.2) is 0 Å². The summed E-state index contributed by atoms with van der Waals surface area (Å²) in [4.78, 5) is 15.3. The number of fused-ring (bicyclic) bond motifs is 1. The minimum absolute atomic E-state index is 0.111. The van der Waals surface area contributed by atoms with Gasteiger partial charge in [0.1, 0.15) is 12.1 Å². The maximum Gasteiger partial charge on any atom is 0.356 e. The molecule has 0 bridgehead atoms. The van der Waals surface area contributed by atoms with Crippen molar-refractivity contribution in [3.05, 3.63) is 17.2 Å². The number of carboxylic acid groups (broad SMARTS) is 1. The van der Waals surface area contributed by atoms with Crippen molar-refractivity contribution in [3.63, 3.8) is 0 Å². The molecular weight excluding hydrogens is 220 g/mol. The molecule has 0 amide bonds. The minimum atomic E-state index is -1.00. The van der Waals surface area contributed by atoms with Gasteiger partial charge in [0, 0.05) is 6.42 Å². The van der Waals surface area contributed by atoms with E-state index >= 15 is 0 Å². The van der Waals surface area contributed by atoms with Gasteiger partial charge >= 0.3 is 5.97 Å². The van der Waals surface area contributed by atoms with Crippen LogP contribution in [0.3, 0.4) is 0 Å². The summed E-state index contributed by atoms with van der Waals surface area (Å²) >= 11 is 0. The fourth-order valence-electron chi connectivity index (χ4n) is 2.37. The van der Waals surface area contributed by atoms with Crippen LogP contribution in [0.2, 0.25) is 0 Å². The van der Waals surface area contributed by atoms with Crippen LogP contribution in [-0.4, -0.2) is 25.7 Å². The molecule has 1 aromatic rings. The lowest BCUT2D eigenvalue weighted by Gasteiger charge is -2.23. The number of aliphatic hydroxyl groups is 1. The Morgan fingerprint density at radius 1 is 1.59 bits per heavy atom. The Bertz CT molecular complexity index is 437. The Kier molecular flexibility index (Phi) is 3.19. The first-order chi connectivity index (χ1) is 8.00. The normalized spacial score (nSPS) is 19.4. The molecule has 0 fully saturated rings. The van der Waals surface area contributed by atoms with E-state index < -0.39 is 12.2 Å². The van der Waals surface area contributed by atoms with E-state index in [0.29, 0.717) is 36.7 Å². The number of hydrogen-bond donors (Lipinski definition) is 2. The summed E-state index contributed by atoms with van der Waals surface area (Å²) in [5.41, 5.74) is 0.784. The zero-order chi connectivity index (χ0) is 12.6. The predicted molar refractivity (Wildman–Crippen MR) is 61.9 cm³/mol. The second-order valence-corrected chi connectivity index (χ2v) is 4.97. The standard InChI is InChI=1S/C12H18N2O3/c1-7(2)6-9-13-11(12(16)17)8-4-3-5-10(15)14(8)9/h7,10,15H,3-6H2,1-2H3,(H,16,17). The number of aromatic nitrogens is 2. The zero-order valence-corrected chi connectivity index (χ0v) is 10.2. The van der Waals surface area contributed by atoms with Gasteiger partial charge in [0.05, 0.1) is 5.69 Å². The lowest BCUT2D eigenvalue weighted by molar-refractivity contribution is 0.0675. The lowest BCUT2D eigenvalue weighted by atomic mass is 10.1. The number of carbonyl (C=O) groups is 1. The van der Waals surface area contributed by atoms with Gasteiger partial charge in [-0.2, -0.15) is 0 Å². The maximum absolute atomic E-state index is 11.1. The summed E-state index contributed by atoms with van der Waals surface area (Å²) in [7, 11) is 0. The van der Waals surface area contributed by atoms with Gasteiger partial charge in [-0.25, -0.2) is 9.78 Å². The summed E-state index contributed by atoms with van der Waals surface area (Å²) in [5, 5.41) is 19.1. The number of imidazole rings is 1. The van der Waals surface area contributed by atoms with Gasteiger partial charge in [-0.1, -0.05) is 13.8 Å². The minimum Gasteiger partial charge on any atom is -0.476 e. The van der Waals surface area contributed by atoms with Gasteiger partial charge in [-0.3, -0.25) is 0 Å². The lowest BCUT2D eigenvalue weighted by Crippen LogP contribution is -2.21. The molecular formula is C12H18N2O3. The van der Waals surface area contributed by atoms with Crippen molar-refractivity contribution in [2.24, 2.45) is 5.92 Å². The van der Waals surface area contributed by atoms with Gasteiger partial charge in [0.2, 0.25) is 0 Å². The summed E-state index contributed by atoms with van der Waals surface area (Å²) in [6.07, 6.45) is 2.25. The Labute approximate surface area is 100 Å². The Morgan fingerprint density at radius 2 is 2.29 bits per heavy atom. The molecule has 0 radical (unpaired) electrons. The number of nitrogens with zero attached hydrogens (tertiary/aromatic N) is 2. The van der Waals surface area contributed by atoms with Crippen molar-refractivity contribution in [2.75, 3.05) is 0 Å². The van der Waals surface area contributed by atoms with Crippen molar-refractivity contribution in [3.8, 4) is 0 Å². The van der Waals surface area contributed by atoms with Crippen molar-refractivity contribution in [1.29, 1.82) is 0 Å². The first kappa shape index (κ1) is 12.1. The molecule has 2 heterocycles. The molecule has 17 heavy (non-hydrogen) atoms. The number of aliphatic hydroxyl groups excluding tert-OH is 1. The van der Waals surface area contributed by atoms with E-state index in [1.807, 2.05) is 0 Å². The van der Waals surface area contributed by atoms with E-state index in [-0.39, 0.29) is 5.69 Å². The van der Waals surface area contributed by atoms with Gasteiger partial charge in [-0.15, -0.1) is 0 Å². The number of aromatic carboxylic acids is 1. The largest absolute Gasteiger partial charge is 0.476 e. The molecule has 1 atom stereocenters. The third kappa shape index (κ3) is 2.20. The molecule has 1 unspecified atom stereocenters. The molecule has 1 aromatic heterocycles. The highest BCUT2D eigenvalue weighted by Crippen LogP contribution is 2.28. The highest BCUT2D eigenvalue weighted by atomic mass is 16.4. The van der Waals surface area contributed by atoms with Crippen molar-refractivity contribution < 1.29 is 15.0 Å². The first-order valence-corrected chi connectivity index (χ1v) is 6.02. The van der Waals surface area contributed by atoms with Crippen LogP contribution in [0.5, 0.6) is 0 Å². The van der Waals surface area contributed by atoms with Gasteiger partial charge in [0.25, 0.3) is 0 Å². The molecule has 1 aliphatic heterocycles. The average molecular weight is 238 g/mol. The van der Waals surface area contributed by atoms with Crippen LogP contribution in [0.1, 0.15) is 54.9 Å². The molecule has 0 aromatic carbocycles. The quantitative estimate of drug-likeness (QED) is 0.838. The van der Waals surface area contributed by atoms with E-state index in [2.05, 4.69) is 18.8 Å². The van der Waals surface area contributed by atoms with Crippen LogP contribution in [0.4, 0.5) is 0 Å². The second kappa shape index (κ2) is 4.49. The second-order valence-electron chi connectivity index (χ2n) is 4.97. The van der Waals surface area contributed by atoms with E-state index in [1.54, 1.807) is 4.57 Å². The Morgan fingerprint density at radius 3 is 2.88 bits per heavy atom. The molecule has 0 aliphatic carbocycles. The molecule has 2 rings (SSSR count).